The summed E-state index contributed by atoms with van der Waals surface area (Å²) in [5.74, 6) is 0.651. The normalized spacial score (nSPS) is 10.2. The minimum absolute atomic E-state index is 0.432. The molecule has 0 spiro atoms. The Morgan fingerprint density at radius 1 is 1.33 bits per heavy atom. The second-order valence-corrected chi connectivity index (χ2v) is 3.79. The first kappa shape index (κ1) is 10.3. The van der Waals surface area contributed by atoms with Gasteiger partial charge in [-0.05, 0) is 12.1 Å². The molecular weight excluding hydrogens is 232 g/mol. The van der Waals surface area contributed by atoms with Crippen molar-refractivity contribution in [2.24, 2.45) is 0 Å². The summed E-state index contributed by atoms with van der Waals surface area (Å²) in [5, 5.41) is 3.54. The molecule has 0 unspecified atom stereocenters. The fourth-order valence-corrected chi connectivity index (χ4v) is 1.82. The van der Waals surface area contributed by atoms with Crippen molar-refractivity contribution in [3.05, 3.63) is 35.2 Å². The number of aromatic nitrogens is 3. The molecule has 2 heterocycles. The lowest BCUT2D eigenvalue weighted by Crippen LogP contribution is -2.06. The molecule has 0 aromatic carbocycles. The van der Waals surface area contributed by atoms with Gasteiger partial charge in [0.2, 0.25) is 0 Å². The fraction of sp³-hybridized carbons (Fsp3) is 0.222. The Bertz CT molecular complexity index is 417. The van der Waals surface area contributed by atoms with Crippen LogP contribution in [0.25, 0.3) is 0 Å². The van der Waals surface area contributed by atoms with E-state index in [-0.39, 0.29) is 0 Å². The predicted molar refractivity (Wildman–Crippen MR) is 61.3 cm³/mol. The topological polar surface area (TPSA) is 50.7 Å². The van der Waals surface area contributed by atoms with Gasteiger partial charge in [0, 0.05) is 24.9 Å². The summed E-state index contributed by atoms with van der Waals surface area (Å²) in [7, 11) is 0. The summed E-state index contributed by atoms with van der Waals surface area (Å²) in [5.41, 5.74) is 1.05. The number of nitrogens with one attached hydrogen (secondary N) is 1. The van der Waals surface area contributed by atoms with Crippen LogP contribution in [0.3, 0.4) is 0 Å². The molecule has 0 radical (unpaired) electrons. The molecule has 2 rings (SSSR count). The highest BCUT2D eigenvalue weighted by molar-refractivity contribution is 6.99. The fourth-order valence-electron chi connectivity index (χ4n) is 1.14. The minimum atomic E-state index is 0.432. The number of hydrogen-bond acceptors (Lipinski definition) is 5. The van der Waals surface area contributed by atoms with Crippen LogP contribution in [0.5, 0.6) is 0 Å². The monoisotopic (exact) mass is 240 g/mol. The van der Waals surface area contributed by atoms with E-state index in [4.69, 9.17) is 11.6 Å². The average molecular weight is 241 g/mol. The zero-order chi connectivity index (χ0) is 10.5. The summed E-state index contributed by atoms with van der Waals surface area (Å²) in [6.07, 6.45) is 2.63. The third-order valence-corrected chi connectivity index (χ3v) is 2.74. The van der Waals surface area contributed by atoms with Crippen molar-refractivity contribution in [3.8, 4) is 0 Å². The van der Waals surface area contributed by atoms with E-state index < -0.39 is 0 Å². The highest BCUT2D eigenvalue weighted by atomic mass is 35.5. The molecule has 1 N–H and O–H groups in total. The van der Waals surface area contributed by atoms with Crippen LogP contribution in [0.15, 0.2) is 24.4 Å². The van der Waals surface area contributed by atoms with E-state index in [0.29, 0.717) is 11.0 Å². The second-order valence-electron chi connectivity index (χ2n) is 2.90. The van der Waals surface area contributed by atoms with Crippen molar-refractivity contribution >= 4 is 29.1 Å². The third kappa shape index (κ3) is 2.87. The van der Waals surface area contributed by atoms with Crippen molar-refractivity contribution in [2.75, 3.05) is 11.9 Å². The number of anilines is 1. The van der Waals surface area contributed by atoms with Gasteiger partial charge in [0.25, 0.3) is 0 Å². The first-order chi connectivity index (χ1) is 7.36. The van der Waals surface area contributed by atoms with Crippen LogP contribution in [-0.4, -0.2) is 20.3 Å². The summed E-state index contributed by atoms with van der Waals surface area (Å²) < 4.78 is 7.87. The summed E-state index contributed by atoms with van der Waals surface area (Å²) in [6.45, 7) is 0.752. The number of halogens is 1. The van der Waals surface area contributed by atoms with E-state index in [1.165, 1.54) is 0 Å². The van der Waals surface area contributed by atoms with E-state index in [0.717, 1.165) is 30.4 Å². The van der Waals surface area contributed by atoms with Crippen LogP contribution in [0.2, 0.25) is 5.15 Å². The van der Waals surface area contributed by atoms with Crippen LogP contribution < -0.4 is 5.32 Å². The molecule has 0 amide bonds. The van der Waals surface area contributed by atoms with Gasteiger partial charge in [0.05, 0.1) is 11.7 Å². The van der Waals surface area contributed by atoms with Crippen molar-refractivity contribution in [1.82, 2.24) is 13.7 Å². The molecule has 0 saturated heterocycles. The number of pyridine rings is 1. The predicted octanol–water partition coefficient (Wildman–Crippen LogP) is 2.24. The highest BCUT2D eigenvalue weighted by Gasteiger charge is 2.03. The molecule has 4 nitrogen and oxygen atoms in total. The Kier molecular flexibility index (Phi) is 3.47. The highest BCUT2D eigenvalue weighted by Crippen LogP contribution is 2.17. The molecule has 6 heteroatoms. The maximum atomic E-state index is 5.78. The Morgan fingerprint density at radius 2 is 2.27 bits per heavy atom. The number of rotatable bonds is 4. The molecule has 0 bridgehead atoms. The Balaban J connectivity index is 1.83. The maximum absolute atomic E-state index is 5.78. The molecule has 0 aliphatic carbocycles. The minimum Gasteiger partial charge on any atom is -0.366 e. The van der Waals surface area contributed by atoms with Crippen molar-refractivity contribution in [3.63, 3.8) is 0 Å². The molecule has 78 valence electrons. The molecule has 0 aliphatic rings. The molecule has 0 atom stereocenters. The SMILES string of the molecule is Clc1nsnc1NCCc1ccccn1. The van der Waals surface area contributed by atoms with Crippen LogP contribution in [0.1, 0.15) is 5.69 Å². The molecular formula is C9H9ClN4S. The average Bonchev–Trinajstić information content (AvgIpc) is 2.66. The summed E-state index contributed by atoms with van der Waals surface area (Å²) in [4.78, 5) is 4.21. The quantitative estimate of drug-likeness (QED) is 0.891. The molecule has 2 aromatic heterocycles. The van der Waals surface area contributed by atoms with Crippen LogP contribution in [0, 0.1) is 0 Å². The molecule has 0 aliphatic heterocycles. The van der Waals surface area contributed by atoms with E-state index >= 15 is 0 Å². The van der Waals surface area contributed by atoms with Gasteiger partial charge < -0.3 is 5.32 Å². The number of hydrogen-bond donors (Lipinski definition) is 1. The van der Waals surface area contributed by atoms with Crippen LogP contribution >= 0.6 is 23.3 Å². The van der Waals surface area contributed by atoms with E-state index in [2.05, 4.69) is 19.0 Å². The number of nitrogens with zero attached hydrogens (tertiary/aromatic N) is 3. The zero-order valence-electron chi connectivity index (χ0n) is 7.85. The molecule has 0 saturated carbocycles. The van der Waals surface area contributed by atoms with E-state index in [9.17, 15) is 0 Å². The largest absolute Gasteiger partial charge is 0.366 e. The standard InChI is InChI=1S/C9H9ClN4S/c10-8-9(14-15-13-8)12-6-4-7-3-1-2-5-11-7/h1-3,5H,4,6H2,(H,12,14). The van der Waals surface area contributed by atoms with Gasteiger partial charge in [-0.3, -0.25) is 4.98 Å². The van der Waals surface area contributed by atoms with Gasteiger partial charge in [0.15, 0.2) is 11.0 Å². The second kappa shape index (κ2) is 5.04. The molecule has 15 heavy (non-hydrogen) atoms. The van der Waals surface area contributed by atoms with Gasteiger partial charge in [-0.1, -0.05) is 17.7 Å². The van der Waals surface area contributed by atoms with E-state index in [1.54, 1.807) is 6.20 Å². The van der Waals surface area contributed by atoms with Crippen molar-refractivity contribution in [2.45, 2.75) is 6.42 Å². The molecule has 0 fully saturated rings. The first-order valence-corrected chi connectivity index (χ1v) is 5.59. The third-order valence-electron chi connectivity index (χ3n) is 1.85. The van der Waals surface area contributed by atoms with Gasteiger partial charge in [-0.15, -0.1) is 0 Å². The smallest absolute Gasteiger partial charge is 0.186 e. The molecule has 2 aromatic rings. The van der Waals surface area contributed by atoms with Gasteiger partial charge in [-0.25, -0.2) is 0 Å². The Hall–Kier alpha value is -1.20. The van der Waals surface area contributed by atoms with E-state index in [1.807, 2.05) is 18.2 Å². The summed E-state index contributed by atoms with van der Waals surface area (Å²) in [6, 6.07) is 5.86. The van der Waals surface area contributed by atoms with Gasteiger partial charge in [-0.2, -0.15) is 8.75 Å². The van der Waals surface area contributed by atoms with Crippen LogP contribution in [0.4, 0.5) is 5.82 Å². The first-order valence-electron chi connectivity index (χ1n) is 4.48. The van der Waals surface area contributed by atoms with Crippen LogP contribution in [-0.2, 0) is 6.42 Å². The lowest BCUT2D eigenvalue weighted by molar-refractivity contribution is 0.957. The lowest BCUT2D eigenvalue weighted by atomic mass is 10.3. The van der Waals surface area contributed by atoms with Gasteiger partial charge >= 0.3 is 0 Å². The maximum Gasteiger partial charge on any atom is 0.186 e. The van der Waals surface area contributed by atoms with Crippen molar-refractivity contribution in [1.29, 1.82) is 0 Å². The Labute approximate surface area is 96.7 Å². The summed E-state index contributed by atoms with van der Waals surface area (Å²) >= 11 is 6.88. The van der Waals surface area contributed by atoms with Gasteiger partial charge in [0.1, 0.15) is 0 Å². The Morgan fingerprint density at radius 3 is 2.93 bits per heavy atom. The zero-order valence-corrected chi connectivity index (χ0v) is 9.42. The van der Waals surface area contributed by atoms with Crippen molar-refractivity contribution < 1.29 is 0 Å². The lowest BCUT2D eigenvalue weighted by Gasteiger charge is -2.01.